The first-order chi connectivity index (χ1) is 14.6. The summed E-state index contributed by atoms with van der Waals surface area (Å²) in [5.74, 6) is -1.74. The molecule has 0 saturated carbocycles. The lowest BCUT2D eigenvalue weighted by Gasteiger charge is -2.23. The minimum Gasteiger partial charge on any atom is -0.508 e. The lowest BCUT2D eigenvalue weighted by Crippen LogP contribution is -2.51. The summed E-state index contributed by atoms with van der Waals surface area (Å²) in [5, 5.41) is 16.7. The van der Waals surface area contributed by atoms with Gasteiger partial charge in [-0.05, 0) is 59.2 Å². The van der Waals surface area contributed by atoms with Crippen molar-refractivity contribution in [2.75, 3.05) is 13.1 Å². The zero-order chi connectivity index (χ0) is 24.5. The van der Waals surface area contributed by atoms with Gasteiger partial charge in [-0.3, -0.25) is 14.4 Å². The number of aromatic hydroxyl groups is 1. The molecule has 0 aliphatic rings. The molecule has 0 aromatic heterocycles. The van der Waals surface area contributed by atoms with E-state index < -0.39 is 47.7 Å². The lowest BCUT2D eigenvalue weighted by molar-refractivity contribution is -0.154. The molecule has 0 fully saturated rings. The number of ether oxygens (including phenoxy) is 2. The molecule has 0 spiro atoms. The van der Waals surface area contributed by atoms with Crippen molar-refractivity contribution < 1.29 is 33.8 Å². The zero-order valence-corrected chi connectivity index (χ0v) is 19.4. The van der Waals surface area contributed by atoms with Gasteiger partial charge < -0.3 is 30.5 Å². The van der Waals surface area contributed by atoms with Crippen LogP contribution in [0.3, 0.4) is 0 Å². The maximum atomic E-state index is 12.6. The number of alkyl carbamates (subject to hydrolysis) is 1. The number of phenols is 1. The van der Waals surface area contributed by atoms with Gasteiger partial charge in [0.25, 0.3) is 0 Å². The normalized spacial score (nSPS) is 12.3. The van der Waals surface area contributed by atoms with Crippen molar-refractivity contribution in [2.24, 2.45) is 0 Å². The number of hydrogen-bond donors (Lipinski definition) is 4. The Morgan fingerprint density at radius 1 is 0.875 bits per heavy atom. The molecule has 1 atom stereocenters. The van der Waals surface area contributed by atoms with Crippen LogP contribution in [-0.2, 0) is 30.3 Å². The van der Waals surface area contributed by atoms with Crippen LogP contribution >= 0.6 is 0 Å². The first-order valence-corrected chi connectivity index (χ1v) is 10.2. The van der Waals surface area contributed by atoms with Gasteiger partial charge in [0.1, 0.15) is 29.5 Å². The molecule has 1 aromatic carbocycles. The number of hydrogen-bond acceptors (Lipinski definition) is 7. The van der Waals surface area contributed by atoms with E-state index in [2.05, 4.69) is 16.0 Å². The Hall–Kier alpha value is -3.30. The number of nitrogens with one attached hydrogen (secondary N) is 3. The predicted octanol–water partition coefficient (Wildman–Crippen LogP) is 1.40. The number of amides is 3. The summed E-state index contributed by atoms with van der Waals surface area (Å²) in [5.41, 5.74) is -0.760. The first-order valence-electron chi connectivity index (χ1n) is 10.2. The Labute approximate surface area is 188 Å². The van der Waals surface area contributed by atoms with Crippen molar-refractivity contribution in [1.82, 2.24) is 16.0 Å². The summed E-state index contributed by atoms with van der Waals surface area (Å²) < 4.78 is 10.3. The fraction of sp³-hybridized carbons (Fsp3) is 0.545. The van der Waals surface area contributed by atoms with Gasteiger partial charge in [-0.25, -0.2) is 4.79 Å². The second-order valence-corrected chi connectivity index (χ2v) is 9.15. The molecule has 32 heavy (non-hydrogen) atoms. The summed E-state index contributed by atoms with van der Waals surface area (Å²) >= 11 is 0. The van der Waals surface area contributed by atoms with Crippen molar-refractivity contribution in [2.45, 2.75) is 65.2 Å². The van der Waals surface area contributed by atoms with E-state index in [4.69, 9.17) is 9.47 Å². The molecule has 4 N–H and O–H groups in total. The van der Waals surface area contributed by atoms with Gasteiger partial charge in [-0.1, -0.05) is 12.1 Å². The van der Waals surface area contributed by atoms with Crippen LogP contribution in [0.15, 0.2) is 24.3 Å². The zero-order valence-electron chi connectivity index (χ0n) is 19.4. The quantitative estimate of drug-likeness (QED) is 0.438. The average molecular weight is 452 g/mol. The number of esters is 1. The third-order valence-electron chi connectivity index (χ3n) is 3.66. The molecule has 1 aromatic rings. The van der Waals surface area contributed by atoms with Crippen LogP contribution in [0, 0.1) is 0 Å². The average Bonchev–Trinajstić information content (AvgIpc) is 2.62. The van der Waals surface area contributed by atoms with E-state index in [1.807, 2.05) is 0 Å². The molecule has 0 bridgehead atoms. The molecule has 0 unspecified atom stereocenters. The largest absolute Gasteiger partial charge is 0.508 e. The molecular formula is C22H33N3O7. The summed E-state index contributed by atoms with van der Waals surface area (Å²) in [4.78, 5) is 48.4. The van der Waals surface area contributed by atoms with Gasteiger partial charge in [0.05, 0.1) is 6.54 Å². The monoisotopic (exact) mass is 451 g/mol. The number of phenolic OH excluding ortho intramolecular Hbond substituents is 1. The highest BCUT2D eigenvalue weighted by molar-refractivity contribution is 5.90. The molecule has 3 amide bonds. The van der Waals surface area contributed by atoms with Crippen LogP contribution in [-0.4, -0.2) is 59.3 Å². The van der Waals surface area contributed by atoms with Crippen LogP contribution in [0.4, 0.5) is 4.79 Å². The molecular weight excluding hydrogens is 418 g/mol. The van der Waals surface area contributed by atoms with Crippen LogP contribution in [0.5, 0.6) is 5.75 Å². The molecule has 0 aliphatic carbocycles. The Kier molecular flexibility index (Phi) is 9.49. The Balaban J connectivity index is 2.69. The van der Waals surface area contributed by atoms with Crippen LogP contribution in [0.25, 0.3) is 0 Å². The first kappa shape index (κ1) is 26.7. The number of rotatable bonds is 8. The molecule has 0 radical (unpaired) electrons. The summed E-state index contributed by atoms with van der Waals surface area (Å²) in [6, 6.07) is 5.11. The molecule has 0 saturated heterocycles. The van der Waals surface area contributed by atoms with Gasteiger partial charge in [0, 0.05) is 6.42 Å². The van der Waals surface area contributed by atoms with Crippen molar-refractivity contribution in [3.63, 3.8) is 0 Å². The molecule has 10 heteroatoms. The standard InChI is InChI=1S/C22H33N3O7/c1-21(2,3)31-18(28)13-23-17(27)12-24-19(29)16(25-20(30)32-22(4,5)6)11-14-7-9-15(26)10-8-14/h7-10,16,26H,11-13H2,1-6H3,(H,23,27)(H,24,29)(H,25,30)/t16-/m1/s1. The Morgan fingerprint density at radius 3 is 1.97 bits per heavy atom. The predicted molar refractivity (Wildman–Crippen MR) is 117 cm³/mol. The fourth-order valence-corrected chi connectivity index (χ4v) is 2.43. The van der Waals surface area contributed by atoms with E-state index in [0.29, 0.717) is 5.56 Å². The molecule has 0 heterocycles. The molecule has 10 nitrogen and oxygen atoms in total. The maximum absolute atomic E-state index is 12.6. The highest BCUT2D eigenvalue weighted by Gasteiger charge is 2.25. The highest BCUT2D eigenvalue weighted by Crippen LogP contribution is 2.12. The smallest absolute Gasteiger partial charge is 0.408 e. The van der Waals surface area contributed by atoms with Crippen molar-refractivity contribution in [3.8, 4) is 5.75 Å². The minimum atomic E-state index is -1.03. The third kappa shape index (κ3) is 11.8. The second-order valence-electron chi connectivity index (χ2n) is 9.15. The van der Waals surface area contributed by atoms with E-state index in [1.54, 1.807) is 53.7 Å². The van der Waals surface area contributed by atoms with E-state index in [-0.39, 0.29) is 18.7 Å². The van der Waals surface area contributed by atoms with Crippen LogP contribution < -0.4 is 16.0 Å². The Morgan fingerprint density at radius 2 is 1.44 bits per heavy atom. The molecule has 178 valence electrons. The van der Waals surface area contributed by atoms with E-state index in [1.165, 1.54) is 12.1 Å². The van der Waals surface area contributed by atoms with Crippen molar-refractivity contribution in [3.05, 3.63) is 29.8 Å². The second kappa shape index (κ2) is 11.4. The van der Waals surface area contributed by atoms with E-state index in [0.717, 1.165) is 0 Å². The Bertz CT molecular complexity index is 808. The summed E-state index contributed by atoms with van der Waals surface area (Å²) in [6.07, 6.45) is -0.684. The summed E-state index contributed by atoms with van der Waals surface area (Å²) in [7, 11) is 0. The van der Waals surface area contributed by atoms with E-state index in [9.17, 15) is 24.3 Å². The lowest BCUT2D eigenvalue weighted by atomic mass is 10.1. The van der Waals surface area contributed by atoms with Gasteiger partial charge in [0.2, 0.25) is 11.8 Å². The number of carbonyl (C=O) groups is 4. The maximum Gasteiger partial charge on any atom is 0.408 e. The van der Waals surface area contributed by atoms with Crippen molar-refractivity contribution in [1.29, 1.82) is 0 Å². The third-order valence-corrected chi connectivity index (χ3v) is 3.66. The van der Waals surface area contributed by atoms with Gasteiger partial charge >= 0.3 is 12.1 Å². The topological polar surface area (TPSA) is 143 Å². The van der Waals surface area contributed by atoms with Gasteiger partial charge in [0.15, 0.2) is 0 Å². The fourth-order valence-electron chi connectivity index (χ4n) is 2.43. The van der Waals surface area contributed by atoms with Crippen molar-refractivity contribution >= 4 is 23.9 Å². The van der Waals surface area contributed by atoms with Gasteiger partial charge in [-0.2, -0.15) is 0 Å². The molecule has 1 rings (SSSR count). The van der Waals surface area contributed by atoms with Crippen LogP contribution in [0.2, 0.25) is 0 Å². The number of carbonyl (C=O) groups excluding carboxylic acids is 4. The van der Waals surface area contributed by atoms with E-state index >= 15 is 0 Å². The SMILES string of the molecule is CC(C)(C)OC(=O)CNC(=O)CNC(=O)[C@@H](Cc1ccc(O)cc1)NC(=O)OC(C)(C)C. The van der Waals surface area contributed by atoms with Gasteiger partial charge in [-0.15, -0.1) is 0 Å². The minimum absolute atomic E-state index is 0.0662. The summed E-state index contributed by atoms with van der Waals surface area (Å²) in [6.45, 7) is 9.46. The van der Waals surface area contributed by atoms with Crippen LogP contribution in [0.1, 0.15) is 47.1 Å². The highest BCUT2D eigenvalue weighted by atomic mass is 16.6. The molecule has 0 aliphatic heterocycles. The number of benzene rings is 1.